The molecule has 3 heterocycles. The molecule has 0 aromatic carbocycles. The number of H-pyrrole nitrogens is 1. The first-order chi connectivity index (χ1) is 8.86. The van der Waals surface area contributed by atoms with Crippen LogP contribution in [0, 0.1) is 0 Å². The Morgan fingerprint density at radius 2 is 2.22 bits per heavy atom. The highest BCUT2D eigenvalue weighted by Crippen LogP contribution is 2.19. The van der Waals surface area contributed by atoms with E-state index in [9.17, 15) is 4.79 Å². The van der Waals surface area contributed by atoms with Crippen LogP contribution in [0.2, 0.25) is 0 Å². The third-order valence-electron chi connectivity index (χ3n) is 3.13. The summed E-state index contributed by atoms with van der Waals surface area (Å²) >= 11 is 0. The highest BCUT2D eigenvalue weighted by Gasteiger charge is 2.31. The second-order valence-electron chi connectivity index (χ2n) is 4.28. The van der Waals surface area contributed by atoms with Crippen LogP contribution in [0.15, 0.2) is 25.0 Å². The summed E-state index contributed by atoms with van der Waals surface area (Å²) in [4.78, 5) is 25.4. The molecule has 1 aliphatic heterocycles. The van der Waals surface area contributed by atoms with Crippen LogP contribution in [0.4, 0.5) is 0 Å². The Bertz CT molecular complexity index is 465. The fourth-order valence-electron chi connectivity index (χ4n) is 2.24. The maximum absolute atomic E-state index is 12.5. The molecule has 2 aromatic heterocycles. The van der Waals surface area contributed by atoms with Gasteiger partial charge in [-0.25, -0.2) is 14.6 Å². The van der Waals surface area contributed by atoms with E-state index in [0.29, 0.717) is 5.82 Å². The molecule has 1 atom stereocenters. The van der Waals surface area contributed by atoms with E-state index in [1.54, 1.807) is 23.4 Å². The summed E-state index contributed by atoms with van der Waals surface area (Å²) in [7, 11) is 0. The van der Waals surface area contributed by atoms with E-state index >= 15 is 0 Å². The number of nitrogens with one attached hydrogen (secondary N) is 1. The first-order valence-corrected chi connectivity index (χ1v) is 5.98. The lowest BCUT2D eigenvalue weighted by molar-refractivity contribution is -0.132. The van der Waals surface area contributed by atoms with E-state index < -0.39 is 6.04 Å². The molecule has 1 unspecified atom stereocenters. The van der Waals surface area contributed by atoms with Gasteiger partial charge in [-0.15, -0.1) is 0 Å². The number of amides is 1. The van der Waals surface area contributed by atoms with Crippen molar-refractivity contribution < 1.29 is 4.79 Å². The number of hydrogen-bond acceptors (Lipinski definition) is 4. The van der Waals surface area contributed by atoms with Gasteiger partial charge in [0.25, 0.3) is 5.91 Å². The Hall–Kier alpha value is -2.18. The molecule has 1 saturated heterocycles. The fraction of sp³-hybridized carbons (Fsp3) is 0.455. The first kappa shape index (κ1) is 10.9. The van der Waals surface area contributed by atoms with Crippen LogP contribution < -0.4 is 0 Å². The monoisotopic (exact) mass is 246 g/mol. The van der Waals surface area contributed by atoms with Crippen molar-refractivity contribution in [3.05, 3.63) is 30.9 Å². The number of likely N-dealkylation sites (tertiary alicyclic amines) is 1. The molecule has 3 rings (SSSR count). The zero-order valence-corrected chi connectivity index (χ0v) is 9.86. The van der Waals surface area contributed by atoms with Crippen molar-refractivity contribution in [1.82, 2.24) is 29.6 Å². The minimum Gasteiger partial charge on any atom is -0.346 e. The largest absolute Gasteiger partial charge is 0.346 e. The number of nitrogens with zero attached hydrogens (tertiary/aromatic N) is 5. The van der Waals surface area contributed by atoms with Crippen molar-refractivity contribution in [2.75, 3.05) is 13.1 Å². The third kappa shape index (κ3) is 1.87. The van der Waals surface area contributed by atoms with Gasteiger partial charge < -0.3 is 9.88 Å². The van der Waals surface area contributed by atoms with Crippen LogP contribution in [0.3, 0.4) is 0 Å². The van der Waals surface area contributed by atoms with Gasteiger partial charge >= 0.3 is 0 Å². The molecular weight excluding hydrogens is 232 g/mol. The van der Waals surface area contributed by atoms with Crippen LogP contribution in [0.25, 0.3) is 0 Å². The highest BCUT2D eigenvalue weighted by molar-refractivity contribution is 5.82. The molecule has 94 valence electrons. The number of rotatable bonds is 3. The number of aromatic amines is 1. The molecule has 0 spiro atoms. The third-order valence-corrected chi connectivity index (χ3v) is 3.13. The average molecular weight is 246 g/mol. The van der Waals surface area contributed by atoms with Crippen molar-refractivity contribution in [2.24, 2.45) is 0 Å². The van der Waals surface area contributed by atoms with Crippen LogP contribution in [-0.4, -0.2) is 48.6 Å². The van der Waals surface area contributed by atoms with Gasteiger partial charge in [-0.2, -0.15) is 5.10 Å². The van der Waals surface area contributed by atoms with E-state index in [1.807, 2.05) is 4.90 Å². The highest BCUT2D eigenvalue weighted by atomic mass is 16.2. The molecule has 1 amide bonds. The molecule has 0 radical (unpaired) electrons. The summed E-state index contributed by atoms with van der Waals surface area (Å²) in [6, 6.07) is -0.541. The Morgan fingerprint density at radius 3 is 2.83 bits per heavy atom. The standard InChI is InChI=1S/C11H14N6O/c18-11(16-5-1-2-6-16)9(10-13-3-4-14-10)17-8-12-7-15-17/h3-4,7-9H,1-2,5-6H2,(H,13,14). The number of hydrogen-bond donors (Lipinski definition) is 1. The molecule has 18 heavy (non-hydrogen) atoms. The zero-order chi connectivity index (χ0) is 12.4. The van der Waals surface area contributed by atoms with E-state index in [4.69, 9.17) is 0 Å². The van der Waals surface area contributed by atoms with Gasteiger partial charge in [-0.1, -0.05) is 0 Å². The molecule has 1 N–H and O–H groups in total. The van der Waals surface area contributed by atoms with E-state index in [2.05, 4.69) is 20.1 Å². The predicted molar refractivity (Wildman–Crippen MR) is 62.6 cm³/mol. The van der Waals surface area contributed by atoms with Crippen molar-refractivity contribution in [3.8, 4) is 0 Å². The lowest BCUT2D eigenvalue weighted by Crippen LogP contribution is -2.36. The Balaban J connectivity index is 1.92. The maximum atomic E-state index is 12.5. The molecule has 0 bridgehead atoms. The predicted octanol–water partition coefficient (Wildman–Crippen LogP) is 0.213. The lowest BCUT2D eigenvalue weighted by Gasteiger charge is -2.21. The summed E-state index contributed by atoms with van der Waals surface area (Å²) in [5, 5.41) is 4.06. The second-order valence-corrected chi connectivity index (χ2v) is 4.28. The van der Waals surface area contributed by atoms with Gasteiger partial charge in [0.15, 0.2) is 6.04 Å². The van der Waals surface area contributed by atoms with Crippen molar-refractivity contribution in [2.45, 2.75) is 18.9 Å². The normalized spacial score (nSPS) is 17.0. The Labute approximate surface area is 104 Å². The Morgan fingerprint density at radius 1 is 1.39 bits per heavy atom. The van der Waals surface area contributed by atoms with Gasteiger partial charge in [0, 0.05) is 25.5 Å². The van der Waals surface area contributed by atoms with Crippen molar-refractivity contribution in [1.29, 1.82) is 0 Å². The van der Waals surface area contributed by atoms with Gasteiger partial charge in [0.1, 0.15) is 18.5 Å². The molecular formula is C11H14N6O. The van der Waals surface area contributed by atoms with Crippen molar-refractivity contribution in [3.63, 3.8) is 0 Å². The van der Waals surface area contributed by atoms with Gasteiger partial charge in [-0.3, -0.25) is 4.79 Å². The molecule has 7 nitrogen and oxygen atoms in total. The molecule has 1 aliphatic rings. The first-order valence-electron chi connectivity index (χ1n) is 5.98. The molecule has 2 aromatic rings. The Kier molecular flexibility index (Phi) is 2.79. The van der Waals surface area contributed by atoms with E-state index in [1.165, 1.54) is 6.33 Å². The lowest BCUT2D eigenvalue weighted by atomic mass is 10.2. The van der Waals surface area contributed by atoms with Gasteiger partial charge in [-0.05, 0) is 12.8 Å². The number of carbonyl (C=O) groups is 1. The smallest absolute Gasteiger partial charge is 0.255 e. The summed E-state index contributed by atoms with van der Waals surface area (Å²) < 4.78 is 1.54. The van der Waals surface area contributed by atoms with E-state index in [-0.39, 0.29) is 5.91 Å². The van der Waals surface area contributed by atoms with Gasteiger partial charge in [0.2, 0.25) is 0 Å². The van der Waals surface area contributed by atoms with Crippen LogP contribution in [0.5, 0.6) is 0 Å². The zero-order valence-electron chi connectivity index (χ0n) is 9.86. The molecule has 0 aliphatic carbocycles. The quantitative estimate of drug-likeness (QED) is 0.839. The SMILES string of the molecule is O=C(C(c1ncc[nH]1)n1cncn1)N1CCCC1. The van der Waals surface area contributed by atoms with Crippen LogP contribution in [-0.2, 0) is 4.79 Å². The van der Waals surface area contributed by atoms with Crippen molar-refractivity contribution >= 4 is 5.91 Å². The second kappa shape index (κ2) is 4.59. The molecule has 7 heteroatoms. The minimum atomic E-state index is -0.541. The average Bonchev–Trinajstić information content (AvgIpc) is 3.14. The fourth-order valence-corrected chi connectivity index (χ4v) is 2.24. The van der Waals surface area contributed by atoms with Crippen LogP contribution >= 0.6 is 0 Å². The van der Waals surface area contributed by atoms with Gasteiger partial charge in [0.05, 0.1) is 0 Å². The summed E-state index contributed by atoms with van der Waals surface area (Å²) in [5.41, 5.74) is 0. The summed E-state index contributed by atoms with van der Waals surface area (Å²) in [6.45, 7) is 1.62. The molecule has 1 fully saturated rings. The topological polar surface area (TPSA) is 79.7 Å². The summed E-state index contributed by atoms with van der Waals surface area (Å²) in [6.07, 6.45) is 8.43. The van der Waals surface area contributed by atoms with E-state index in [0.717, 1.165) is 25.9 Å². The minimum absolute atomic E-state index is 0.0213. The van der Waals surface area contributed by atoms with Crippen LogP contribution in [0.1, 0.15) is 24.7 Å². The number of carbonyl (C=O) groups excluding carboxylic acids is 1. The number of aromatic nitrogens is 5. The molecule has 0 saturated carbocycles. The number of imidazole rings is 1. The summed E-state index contributed by atoms with van der Waals surface area (Å²) in [5.74, 6) is 0.616. The maximum Gasteiger partial charge on any atom is 0.255 e.